The van der Waals surface area contributed by atoms with Crippen molar-refractivity contribution in [3.05, 3.63) is 59.7 Å². The quantitative estimate of drug-likeness (QED) is 0.767. The molecule has 0 saturated carbocycles. The second kappa shape index (κ2) is 5.98. The Morgan fingerprint density at radius 2 is 1.72 bits per heavy atom. The molecule has 1 atom stereocenters. The van der Waals surface area contributed by atoms with E-state index in [0.29, 0.717) is 0 Å². The fourth-order valence-corrected chi connectivity index (χ4v) is 2.92. The van der Waals surface area contributed by atoms with E-state index in [4.69, 9.17) is 0 Å². The van der Waals surface area contributed by atoms with Crippen molar-refractivity contribution in [2.75, 3.05) is 0 Å². The normalized spacial score (nSPS) is 17.1. The summed E-state index contributed by atoms with van der Waals surface area (Å²) in [6.07, 6.45) is 3.83. The summed E-state index contributed by atoms with van der Waals surface area (Å²) in [4.78, 5) is 0. The van der Waals surface area contributed by atoms with E-state index in [2.05, 4.69) is 55.5 Å². The topological polar surface area (TPSA) is 0 Å². The van der Waals surface area contributed by atoms with Gasteiger partial charge in [0, 0.05) is 26.2 Å². The van der Waals surface area contributed by atoms with Crippen LogP contribution in [-0.4, -0.2) is 0 Å². The van der Waals surface area contributed by atoms with Gasteiger partial charge in [-0.3, -0.25) is 0 Å². The fraction of sp³-hybridized carbons (Fsp3) is 0.294. The Balaban J connectivity index is 0.00000120. The van der Waals surface area contributed by atoms with Gasteiger partial charge in [0.15, 0.2) is 0 Å². The molecule has 0 spiro atoms. The molecule has 3 rings (SSSR count). The van der Waals surface area contributed by atoms with Crippen LogP contribution in [0.15, 0.2) is 48.5 Å². The SMILES string of the molecule is CCC1Cc2cccc(-c3ccccc3)c2C1.[Zr]. The van der Waals surface area contributed by atoms with Crippen molar-refractivity contribution < 1.29 is 26.2 Å². The second-order valence-corrected chi connectivity index (χ2v) is 4.99. The summed E-state index contributed by atoms with van der Waals surface area (Å²) in [6.45, 7) is 2.30. The summed E-state index contributed by atoms with van der Waals surface area (Å²) < 4.78 is 0. The summed E-state index contributed by atoms with van der Waals surface area (Å²) >= 11 is 0. The van der Waals surface area contributed by atoms with Gasteiger partial charge in [0.05, 0.1) is 0 Å². The van der Waals surface area contributed by atoms with E-state index in [9.17, 15) is 0 Å². The molecule has 0 aromatic heterocycles. The molecular formula is C17H18Zr. The van der Waals surface area contributed by atoms with Gasteiger partial charge in [-0.1, -0.05) is 61.9 Å². The van der Waals surface area contributed by atoms with Crippen molar-refractivity contribution in [2.45, 2.75) is 26.2 Å². The van der Waals surface area contributed by atoms with Gasteiger partial charge in [0.25, 0.3) is 0 Å². The van der Waals surface area contributed by atoms with Crippen molar-refractivity contribution in [2.24, 2.45) is 5.92 Å². The van der Waals surface area contributed by atoms with Crippen LogP contribution in [0.3, 0.4) is 0 Å². The van der Waals surface area contributed by atoms with Crippen molar-refractivity contribution in [1.29, 1.82) is 0 Å². The molecule has 0 bridgehead atoms. The van der Waals surface area contributed by atoms with Gasteiger partial charge in [-0.25, -0.2) is 0 Å². The van der Waals surface area contributed by atoms with Crippen molar-refractivity contribution in [1.82, 2.24) is 0 Å². The standard InChI is InChI=1S/C17H18.Zr/c1-2-13-11-15-9-6-10-16(17(15)12-13)14-7-4-3-5-8-14;/h3-10,13H,2,11-12H2,1H3;. The first-order valence-corrected chi connectivity index (χ1v) is 6.54. The number of hydrogen-bond acceptors (Lipinski definition) is 0. The Morgan fingerprint density at radius 3 is 2.44 bits per heavy atom. The van der Waals surface area contributed by atoms with E-state index >= 15 is 0 Å². The van der Waals surface area contributed by atoms with Gasteiger partial charge in [0.1, 0.15) is 0 Å². The summed E-state index contributed by atoms with van der Waals surface area (Å²) in [7, 11) is 0. The van der Waals surface area contributed by atoms with Crippen molar-refractivity contribution in [3.8, 4) is 11.1 Å². The van der Waals surface area contributed by atoms with E-state index < -0.39 is 0 Å². The van der Waals surface area contributed by atoms with Gasteiger partial charge in [0.2, 0.25) is 0 Å². The zero-order valence-electron chi connectivity index (χ0n) is 10.8. The average Bonchev–Trinajstić information content (AvgIpc) is 2.82. The number of rotatable bonds is 2. The third-order valence-electron chi connectivity index (χ3n) is 3.94. The molecule has 2 aromatic rings. The van der Waals surface area contributed by atoms with Gasteiger partial charge in [-0.05, 0) is 41.0 Å². The largest absolute Gasteiger partial charge is 0.0651 e. The van der Waals surface area contributed by atoms with E-state index in [1.165, 1.54) is 30.4 Å². The third kappa shape index (κ3) is 2.52. The van der Waals surface area contributed by atoms with Gasteiger partial charge in [-0.15, -0.1) is 0 Å². The van der Waals surface area contributed by atoms with Crippen molar-refractivity contribution in [3.63, 3.8) is 0 Å². The van der Waals surface area contributed by atoms with E-state index in [1.54, 1.807) is 11.1 Å². The molecule has 1 aliphatic rings. The minimum atomic E-state index is 0. The van der Waals surface area contributed by atoms with Gasteiger partial charge in [-0.2, -0.15) is 0 Å². The molecule has 18 heavy (non-hydrogen) atoms. The summed E-state index contributed by atoms with van der Waals surface area (Å²) in [6, 6.07) is 17.6. The van der Waals surface area contributed by atoms with E-state index in [0.717, 1.165) is 5.92 Å². The Morgan fingerprint density at radius 1 is 0.944 bits per heavy atom. The first-order valence-electron chi connectivity index (χ1n) is 6.54. The summed E-state index contributed by atoms with van der Waals surface area (Å²) in [5.41, 5.74) is 5.96. The predicted molar refractivity (Wildman–Crippen MR) is 73.1 cm³/mol. The molecule has 0 heterocycles. The maximum Gasteiger partial charge on any atom is 0 e. The minimum absolute atomic E-state index is 0. The Hall–Kier alpha value is -0.677. The zero-order chi connectivity index (χ0) is 11.7. The summed E-state index contributed by atoms with van der Waals surface area (Å²) in [5.74, 6) is 0.856. The smallest absolute Gasteiger partial charge is 0 e. The summed E-state index contributed by atoms with van der Waals surface area (Å²) in [5, 5.41) is 0. The maximum atomic E-state index is 2.30. The molecule has 0 nitrogen and oxygen atoms in total. The maximum absolute atomic E-state index is 2.30. The van der Waals surface area contributed by atoms with E-state index in [-0.39, 0.29) is 26.2 Å². The molecule has 1 heteroatoms. The fourth-order valence-electron chi connectivity index (χ4n) is 2.92. The molecule has 0 amide bonds. The number of fused-ring (bicyclic) bond motifs is 1. The predicted octanol–water partition coefficient (Wildman–Crippen LogP) is 4.48. The molecule has 0 radical (unpaired) electrons. The molecular weight excluding hydrogens is 295 g/mol. The van der Waals surface area contributed by atoms with Crippen LogP contribution in [0.1, 0.15) is 24.5 Å². The molecule has 1 unspecified atom stereocenters. The molecule has 0 fully saturated rings. The number of benzene rings is 2. The molecule has 90 valence electrons. The average molecular weight is 314 g/mol. The monoisotopic (exact) mass is 312 g/mol. The molecule has 0 saturated heterocycles. The Bertz CT molecular complexity index is 516. The van der Waals surface area contributed by atoms with Gasteiger partial charge < -0.3 is 0 Å². The van der Waals surface area contributed by atoms with Crippen LogP contribution >= 0.6 is 0 Å². The molecule has 1 aliphatic carbocycles. The Labute approximate surface area is 129 Å². The first-order chi connectivity index (χ1) is 8.38. The van der Waals surface area contributed by atoms with Crippen LogP contribution in [-0.2, 0) is 39.0 Å². The molecule has 2 aromatic carbocycles. The number of hydrogen-bond donors (Lipinski definition) is 0. The zero-order valence-corrected chi connectivity index (χ0v) is 13.3. The third-order valence-corrected chi connectivity index (χ3v) is 3.94. The minimum Gasteiger partial charge on any atom is -0.0651 e. The van der Waals surface area contributed by atoms with Gasteiger partial charge >= 0.3 is 0 Å². The van der Waals surface area contributed by atoms with Crippen molar-refractivity contribution >= 4 is 0 Å². The van der Waals surface area contributed by atoms with Crippen LogP contribution in [0.5, 0.6) is 0 Å². The second-order valence-electron chi connectivity index (χ2n) is 4.99. The Kier molecular flexibility index (Phi) is 4.56. The first kappa shape index (κ1) is 13.7. The van der Waals surface area contributed by atoms with Crippen LogP contribution < -0.4 is 0 Å². The van der Waals surface area contributed by atoms with Crippen LogP contribution in [0, 0.1) is 5.92 Å². The molecule has 0 aliphatic heterocycles. The van der Waals surface area contributed by atoms with E-state index in [1.807, 2.05) is 0 Å². The molecule has 0 N–H and O–H groups in total. The van der Waals surface area contributed by atoms with Crippen LogP contribution in [0.4, 0.5) is 0 Å². The van der Waals surface area contributed by atoms with Crippen LogP contribution in [0.2, 0.25) is 0 Å². The van der Waals surface area contributed by atoms with Crippen LogP contribution in [0.25, 0.3) is 11.1 Å².